The van der Waals surface area contributed by atoms with Crippen LogP contribution in [0.4, 0.5) is 5.69 Å². The van der Waals surface area contributed by atoms with E-state index in [-0.39, 0.29) is 36.0 Å². The molecule has 1 saturated heterocycles. The Bertz CT molecular complexity index is 869. The first-order valence-electron chi connectivity index (χ1n) is 10.4. The highest BCUT2D eigenvalue weighted by atomic mass is 127. The molecule has 0 radical (unpaired) electrons. The lowest BCUT2D eigenvalue weighted by atomic mass is 10.2. The zero-order valence-corrected chi connectivity index (χ0v) is 20.3. The first-order valence-corrected chi connectivity index (χ1v) is 10.4. The van der Waals surface area contributed by atoms with E-state index < -0.39 is 0 Å². The molecule has 2 aromatic carbocycles. The van der Waals surface area contributed by atoms with E-state index in [4.69, 9.17) is 9.47 Å². The molecule has 1 unspecified atom stereocenters. The summed E-state index contributed by atoms with van der Waals surface area (Å²) in [7, 11) is 1.74. The Morgan fingerprint density at radius 1 is 1.16 bits per heavy atom. The summed E-state index contributed by atoms with van der Waals surface area (Å²) < 4.78 is 11.1. The molecule has 1 aliphatic heterocycles. The summed E-state index contributed by atoms with van der Waals surface area (Å²) in [5, 5.41) is 9.55. The molecule has 1 atom stereocenters. The van der Waals surface area contributed by atoms with Crippen molar-refractivity contribution >= 4 is 41.5 Å². The monoisotopic (exact) mass is 538 g/mol. The number of hydrogen-bond acceptors (Lipinski definition) is 4. The second kappa shape index (κ2) is 13.2. The van der Waals surface area contributed by atoms with Gasteiger partial charge in [0.15, 0.2) is 5.96 Å². The van der Waals surface area contributed by atoms with Crippen LogP contribution in [-0.2, 0) is 22.6 Å². The largest absolute Gasteiger partial charge is 0.494 e. The Balaban J connectivity index is 0.00000341. The average molecular weight is 538 g/mol. The summed E-state index contributed by atoms with van der Waals surface area (Å²) in [6.45, 7) is 4.44. The van der Waals surface area contributed by atoms with Gasteiger partial charge in [-0.3, -0.25) is 9.79 Å². The third-order valence-corrected chi connectivity index (χ3v) is 4.82. The van der Waals surface area contributed by atoms with Crippen molar-refractivity contribution < 1.29 is 14.3 Å². The average Bonchev–Trinajstić information content (AvgIpc) is 3.30. The van der Waals surface area contributed by atoms with Gasteiger partial charge in [-0.1, -0.05) is 30.3 Å². The maximum atomic E-state index is 12.2. The van der Waals surface area contributed by atoms with Crippen molar-refractivity contribution in [3.05, 3.63) is 59.7 Å². The molecular formula is C23H31IN4O3. The molecule has 0 saturated carbocycles. The Morgan fingerprint density at radius 3 is 2.71 bits per heavy atom. The van der Waals surface area contributed by atoms with Gasteiger partial charge in [-0.05, 0) is 43.5 Å². The molecule has 7 nitrogen and oxygen atoms in total. The van der Waals surface area contributed by atoms with E-state index in [0.717, 1.165) is 35.4 Å². The van der Waals surface area contributed by atoms with Crippen LogP contribution in [0, 0.1) is 0 Å². The molecule has 1 fully saturated rings. The van der Waals surface area contributed by atoms with Crippen LogP contribution >= 0.6 is 24.0 Å². The third kappa shape index (κ3) is 7.70. The molecule has 0 aliphatic carbocycles. The number of ether oxygens (including phenoxy) is 2. The van der Waals surface area contributed by atoms with Crippen molar-refractivity contribution in [2.24, 2.45) is 4.99 Å². The topological polar surface area (TPSA) is 84.0 Å². The number of carbonyl (C=O) groups excluding carboxylic acids is 1. The van der Waals surface area contributed by atoms with Gasteiger partial charge in [0.25, 0.3) is 5.91 Å². The Labute approximate surface area is 201 Å². The first-order chi connectivity index (χ1) is 14.7. The summed E-state index contributed by atoms with van der Waals surface area (Å²) in [5.74, 6) is 1.48. The molecule has 2 aromatic rings. The molecule has 1 heterocycles. The van der Waals surface area contributed by atoms with Crippen molar-refractivity contribution in [2.45, 2.75) is 39.0 Å². The van der Waals surface area contributed by atoms with Crippen LogP contribution in [0.25, 0.3) is 0 Å². The number of anilines is 1. The molecule has 1 aliphatic rings. The molecule has 1 amide bonds. The second-order valence-corrected chi connectivity index (χ2v) is 7.01. The van der Waals surface area contributed by atoms with Gasteiger partial charge >= 0.3 is 0 Å². The van der Waals surface area contributed by atoms with Crippen LogP contribution < -0.4 is 20.7 Å². The van der Waals surface area contributed by atoms with E-state index in [1.54, 1.807) is 7.05 Å². The van der Waals surface area contributed by atoms with Gasteiger partial charge in [0.1, 0.15) is 11.9 Å². The van der Waals surface area contributed by atoms with E-state index in [1.165, 1.54) is 0 Å². The number of aliphatic imine (C=N–C) groups is 1. The lowest BCUT2D eigenvalue weighted by Crippen LogP contribution is -2.36. The number of halogens is 1. The minimum atomic E-state index is -0.339. The number of benzene rings is 2. The number of amides is 1. The summed E-state index contributed by atoms with van der Waals surface area (Å²) in [4.78, 5) is 16.5. The van der Waals surface area contributed by atoms with E-state index in [1.807, 2.05) is 55.5 Å². The predicted molar refractivity (Wildman–Crippen MR) is 134 cm³/mol. The number of hydrogen-bond donors (Lipinski definition) is 3. The number of rotatable bonds is 8. The molecule has 3 rings (SSSR count). The SMILES string of the molecule is CCOc1ccccc1CNC(=NC)NCc1cccc(NC(=O)C2CCCO2)c1.I. The Hall–Kier alpha value is -2.33. The minimum Gasteiger partial charge on any atom is -0.494 e. The van der Waals surface area contributed by atoms with Crippen LogP contribution in [0.1, 0.15) is 30.9 Å². The number of para-hydroxylation sites is 1. The van der Waals surface area contributed by atoms with Crippen molar-refractivity contribution in [3.63, 3.8) is 0 Å². The zero-order chi connectivity index (χ0) is 21.2. The van der Waals surface area contributed by atoms with E-state index in [0.29, 0.717) is 32.3 Å². The summed E-state index contributed by atoms with van der Waals surface area (Å²) in [5.41, 5.74) is 2.88. The second-order valence-electron chi connectivity index (χ2n) is 7.01. The standard InChI is InChI=1S/C23H30N4O3.HI/c1-3-29-20-11-5-4-9-18(20)16-26-23(24-2)25-15-17-8-6-10-19(14-17)27-22(28)21-12-7-13-30-21;/h4-6,8-11,14,21H,3,7,12-13,15-16H2,1-2H3,(H,27,28)(H2,24,25,26);1H. The summed E-state index contributed by atoms with van der Waals surface area (Å²) >= 11 is 0. The van der Waals surface area contributed by atoms with Gasteiger partial charge in [0, 0.05) is 38.0 Å². The molecule has 0 aromatic heterocycles. The van der Waals surface area contributed by atoms with Gasteiger partial charge in [-0.15, -0.1) is 24.0 Å². The fraction of sp³-hybridized carbons (Fsp3) is 0.391. The van der Waals surface area contributed by atoms with Crippen molar-refractivity contribution in [2.75, 3.05) is 25.6 Å². The summed E-state index contributed by atoms with van der Waals surface area (Å²) in [6, 6.07) is 15.7. The molecule has 0 spiro atoms. The lowest BCUT2D eigenvalue weighted by Gasteiger charge is -2.15. The van der Waals surface area contributed by atoms with Gasteiger partial charge in [0.05, 0.1) is 6.61 Å². The molecule has 168 valence electrons. The summed E-state index contributed by atoms with van der Waals surface area (Å²) in [6.07, 6.45) is 1.37. The van der Waals surface area contributed by atoms with Crippen LogP contribution in [0.2, 0.25) is 0 Å². The van der Waals surface area contributed by atoms with Crippen LogP contribution in [-0.4, -0.2) is 38.2 Å². The minimum absolute atomic E-state index is 0. The van der Waals surface area contributed by atoms with E-state index >= 15 is 0 Å². The van der Waals surface area contributed by atoms with Gasteiger partial charge in [-0.25, -0.2) is 0 Å². The fourth-order valence-corrected chi connectivity index (χ4v) is 3.30. The maximum absolute atomic E-state index is 12.2. The number of guanidine groups is 1. The molecule has 0 bridgehead atoms. The Morgan fingerprint density at radius 2 is 1.97 bits per heavy atom. The van der Waals surface area contributed by atoms with Crippen molar-refractivity contribution in [1.29, 1.82) is 0 Å². The molecule has 3 N–H and O–H groups in total. The van der Waals surface area contributed by atoms with E-state index in [9.17, 15) is 4.79 Å². The number of nitrogens with zero attached hydrogens (tertiary/aromatic N) is 1. The predicted octanol–water partition coefficient (Wildman–Crippen LogP) is 3.69. The van der Waals surface area contributed by atoms with Gasteiger partial charge in [0.2, 0.25) is 0 Å². The van der Waals surface area contributed by atoms with Crippen LogP contribution in [0.15, 0.2) is 53.5 Å². The maximum Gasteiger partial charge on any atom is 0.253 e. The highest BCUT2D eigenvalue weighted by molar-refractivity contribution is 14.0. The molecule has 31 heavy (non-hydrogen) atoms. The van der Waals surface area contributed by atoms with Gasteiger partial charge in [-0.2, -0.15) is 0 Å². The van der Waals surface area contributed by atoms with E-state index in [2.05, 4.69) is 20.9 Å². The highest BCUT2D eigenvalue weighted by Gasteiger charge is 2.23. The van der Waals surface area contributed by atoms with Gasteiger partial charge < -0.3 is 25.4 Å². The highest BCUT2D eigenvalue weighted by Crippen LogP contribution is 2.18. The van der Waals surface area contributed by atoms with Crippen molar-refractivity contribution in [1.82, 2.24) is 10.6 Å². The van der Waals surface area contributed by atoms with Crippen LogP contribution in [0.3, 0.4) is 0 Å². The normalized spacial score (nSPS) is 15.7. The number of nitrogens with one attached hydrogen (secondary N) is 3. The Kier molecular flexibility index (Phi) is 10.6. The first kappa shape index (κ1) is 24.9. The van der Waals surface area contributed by atoms with Crippen LogP contribution in [0.5, 0.6) is 5.75 Å². The lowest BCUT2D eigenvalue weighted by molar-refractivity contribution is -0.124. The smallest absolute Gasteiger partial charge is 0.253 e. The van der Waals surface area contributed by atoms with Crippen molar-refractivity contribution in [3.8, 4) is 5.75 Å². The fourth-order valence-electron chi connectivity index (χ4n) is 3.30. The number of carbonyl (C=O) groups is 1. The quantitative estimate of drug-likeness (QED) is 0.272. The third-order valence-electron chi connectivity index (χ3n) is 4.82. The molecular weight excluding hydrogens is 507 g/mol. The molecule has 8 heteroatoms. The zero-order valence-electron chi connectivity index (χ0n) is 18.0.